The number of carbonyl (C=O) groups excluding carboxylic acids is 1. The maximum atomic E-state index is 13.1. The highest BCUT2D eigenvalue weighted by Gasteiger charge is 2.49. The van der Waals surface area contributed by atoms with Gasteiger partial charge in [0.1, 0.15) is 5.75 Å². The van der Waals surface area contributed by atoms with Crippen LogP contribution in [0.4, 0.5) is 0 Å². The highest BCUT2D eigenvalue weighted by molar-refractivity contribution is 7.99. The number of ether oxygens (including phenoxy) is 3. The van der Waals surface area contributed by atoms with Crippen LogP contribution in [0.1, 0.15) is 27.2 Å². The van der Waals surface area contributed by atoms with Gasteiger partial charge in [-0.15, -0.1) is 0 Å². The van der Waals surface area contributed by atoms with Gasteiger partial charge in [-0.25, -0.2) is 0 Å². The number of thioether (sulfide) groups is 1. The predicted molar refractivity (Wildman–Crippen MR) is 110 cm³/mol. The molecule has 3 atom stereocenters. The molecule has 2 aliphatic heterocycles. The summed E-state index contributed by atoms with van der Waals surface area (Å²) >= 11 is 2.65. The van der Waals surface area contributed by atoms with Crippen LogP contribution in [-0.4, -0.2) is 25.2 Å². The molecular weight excluding hydrogens is 410 g/mol. The zero-order chi connectivity index (χ0) is 20.1. The number of hydrogen-bond acceptors (Lipinski definition) is 7. The van der Waals surface area contributed by atoms with Crippen LogP contribution in [0.25, 0.3) is 0 Å². The first-order valence-corrected chi connectivity index (χ1v) is 10.7. The smallest absolute Gasteiger partial charge is 0.316 e. The standard InChI is InChI=1S/C21H17NO5S2/c1-25-13-8-7-10(9-14(13)26-2)17-16-15(18-19(28-17)22-21(24)29-18)11-5-3-4-6-12(11)27-20(16)23/h3-9,15-17H,1-2H3,(H,22,24)/t15-,16+,17-/m0/s1. The van der Waals surface area contributed by atoms with Crippen LogP contribution in [0.2, 0.25) is 0 Å². The summed E-state index contributed by atoms with van der Waals surface area (Å²) in [6.07, 6.45) is 0. The van der Waals surface area contributed by atoms with Gasteiger partial charge in [0, 0.05) is 16.4 Å². The predicted octanol–water partition coefficient (Wildman–Crippen LogP) is 3.97. The van der Waals surface area contributed by atoms with E-state index in [0.717, 1.165) is 21.0 Å². The van der Waals surface area contributed by atoms with Crippen LogP contribution in [0.3, 0.4) is 0 Å². The van der Waals surface area contributed by atoms with E-state index in [1.54, 1.807) is 20.3 Å². The van der Waals surface area contributed by atoms with E-state index in [1.165, 1.54) is 23.1 Å². The average Bonchev–Trinajstić information content (AvgIpc) is 3.12. The van der Waals surface area contributed by atoms with Crippen LogP contribution in [0.15, 0.2) is 52.3 Å². The summed E-state index contributed by atoms with van der Waals surface area (Å²) < 4.78 is 16.5. The molecule has 0 spiro atoms. The van der Waals surface area contributed by atoms with Crippen LogP contribution < -0.4 is 19.1 Å². The van der Waals surface area contributed by atoms with Crippen LogP contribution >= 0.6 is 23.1 Å². The van der Waals surface area contributed by atoms with Crippen molar-refractivity contribution in [3.05, 3.63) is 68.1 Å². The second kappa shape index (κ2) is 6.96. The van der Waals surface area contributed by atoms with E-state index in [4.69, 9.17) is 14.2 Å². The lowest BCUT2D eigenvalue weighted by Gasteiger charge is -2.39. The number of nitrogens with one attached hydrogen (secondary N) is 1. The van der Waals surface area contributed by atoms with Gasteiger partial charge in [-0.3, -0.25) is 9.59 Å². The number of hydrogen-bond donors (Lipinski definition) is 1. The van der Waals surface area contributed by atoms with Gasteiger partial charge < -0.3 is 19.2 Å². The number of thiazole rings is 1. The molecule has 0 saturated carbocycles. The maximum absolute atomic E-state index is 13.1. The van der Waals surface area contributed by atoms with Crippen molar-refractivity contribution in [2.45, 2.75) is 16.2 Å². The van der Waals surface area contributed by atoms with E-state index in [2.05, 4.69) is 4.98 Å². The molecule has 1 N–H and O–H groups in total. The molecule has 0 unspecified atom stereocenters. The number of esters is 1. The third kappa shape index (κ3) is 2.86. The molecule has 2 aromatic carbocycles. The minimum Gasteiger partial charge on any atom is -0.493 e. The zero-order valence-electron chi connectivity index (χ0n) is 15.6. The van der Waals surface area contributed by atoms with Gasteiger partial charge in [-0.2, -0.15) is 0 Å². The zero-order valence-corrected chi connectivity index (χ0v) is 17.3. The molecule has 29 heavy (non-hydrogen) atoms. The molecule has 3 aromatic rings. The number of carbonyl (C=O) groups is 1. The highest BCUT2D eigenvalue weighted by atomic mass is 32.2. The number of para-hydroxylation sites is 1. The van der Waals surface area contributed by atoms with E-state index >= 15 is 0 Å². The number of H-pyrrole nitrogens is 1. The van der Waals surface area contributed by atoms with E-state index in [1.807, 2.05) is 36.4 Å². The Morgan fingerprint density at radius 1 is 1.03 bits per heavy atom. The van der Waals surface area contributed by atoms with Crippen molar-refractivity contribution in [1.29, 1.82) is 0 Å². The SMILES string of the molecule is COc1ccc([C@@H]2Sc3[nH]c(=O)sc3[C@H]3c4ccccc4OC(=O)[C@H]32)cc1OC. The molecule has 0 amide bonds. The molecule has 0 saturated heterocycles. The van der Waals surface area contributed by atoms with Crippen LogP contribution in [0, 0.1) is 5.92 Å². The van der Waals surface area contributed by atoms with Gasteiger partial charge >= 0.3 is 10.8 Å². The largest absolute Gasteiger partial charge is 0.493 e. The molecule has 1 aromatic heterocycles. The Bertz CT molecular complexity index is 1170. The number of methoxy groups -OCH3 is 2. The molecule has 0 aliphatic carbocycles. The van der Waals surface area contributed by atoms with E-state index in [-0.39, 0.29) is 22.0 Å². The fraction of sp³-hybridized carbons (Fsp3) is 0.238. The van der Waals surface area contributed by atoms with E-state index in [9.17, 15) is 9.59 Å². The van der Waals surface area contributed by atoms with Crippen molar-refractivity contribution in [3.63, 3.8) is 0 Å². The fourth-order valence-electron chi connectivity index (χ4n) is 4.06. The molecule has 3 heterocycles. The number of rotatable bonds is 3. The van der Waals surface area contributed by atoms with Gasteiger partial charge in [-0.05, 0) is 23.8 Å². The van der Waals surface area contributed by atoms with Crippen LogP contribution in [0.5, 0.6) is 17.2 Å². The summed E-state index contributed by atoms with van der Waals surface area (Å²) in [7, 11) is 3.17. The first kappa shape index (κ1) is 18.3. The molecule has 148 valence electrons. The lowest BCUT2D eigenvalue weighted by atomic mass is 9.78. The molecular formula is C21H17NO5S2. The molecule has 5 rings (SSSR count). The van der Waals surface area contributed by atoms with Crippen LogP contribution in [-0.2, 0) is 4.79 Å². The quantitative estimate of drug-likeness (QED) is 0.504. The lowest BCUT2D eigenvalue weighted by Crippen LogP contribution is -2.37. The molecule has 0 radical (unpaired) electrons. The minimum absolute atomic E-state index is 0.120. The Balaban J connectivity index is 1.70. The van der Waals surface area contributed by atoms with Crippen molar-refractivity contribution in [1.82, 2.24) is 4.98 Å². The van der Waals surface area contributed by atoms with Gasteiger partial charge in [0.2, 0.25) is 0 Å². The Morgan fingerprint density at radius 2 is 1.83 bits per heavy atom. The Hall–Kier alpha value is -2.71. The topological polar surface area (TPSA) is 77.6 Å². The summed E-state index contributed by atoms with van der Waals surface area (Å²) in [5.74, 6) is 0.805. The minimum atomic E-state index is -0.452. The molecule has 0 fully saturated rings. The van der Waals surface area contributed by atoms with E-state index in [0.29, 0.717) is 17.2 Å². The van der Waals surface area contributed by atoms with E-state index < -0.39 is 5.92 Å². The first-order chi connectivity index (χ1) is 14.1. The first-order valence-electron chi connectivity index (χ1n) is 9.03. The van der Waals surface area contributed by atoms with Crippen molar-refractivity contribution < 1.29 is 19.0 Å². The summed E-state index contributed by atoms with van der Waals surface area (Å²) in [6.45, 7) is 0. The van der Waals surface area contributed by atoms with Gasteiger partial charge in [0.05, 0.1) is 30.4 Å². The molecule has 6 nitrogen and oxygen atoms in total. The van der Waals surface area contributed by atoms with Crippen molar-refractivity contribution in [2.24, 2.45) is 5.92 Å². The number of aromatic nitrogens is 1. The Morgan fingerprint density at radius 3 is 2.62 bits per heavy atom. The van der Waals surface area contributed by atoms with Crippen molar-refractivity contribution in [2.75, 3.05) is 14.2 Å². The fourth-order valence-corrected chi connectivity index (χ4v) is 6.64. The van der Waals surface area contributed by atoms with Crippen molar-refractivity contribution >= 4 is 29.1 Å². The second-order valence-electron chi connectivity index (χ2n) is 6.82. The maximum Gasteiger partial charge on any atom is 0.316 e. The average molecular weight is 428 g/mol. The summed E-state index contributed by atoms with van der Waals surface area (Å²) in [5, 5.41) is 0.573. The number of benzene rings is 2. The second-order valence-corrected chi connectivity index (χ2v) is 8.99. The number of fused-ring (bicyclic) bond motifs is 5. The third-order valence-electron chi connectivity index (χ3n) is 5.33. The van der Waals surface area contributed by atoms with Gasteiger partial charge in [0.15, 0.2) is 11.5 Å². The monoisotopic (exact) mass is 427 g/mol. The normalized spacial score (nSPS) is 22.1. The third-order valence-corrected chi connectivity index (χ3v) is 7.80. The van der Waals surface area contributed by atoms with Crippen molar-refractivity contribution in [3.8, 4) is 17.2 Å². The highest BCUT2D eigenvalue weighted by Crippen LogP contribution is 2.59. The summed E-state index contributed by atoms with van der Waals surface area (Å²) in [6, 6.07) is 13.2. The van der Waals surface area contributed by atoms with Gasteiger partial charge in [-0.1, -0.05) is 47.4 Å². The Kier molecular flexibility index (Phi) is 4.40. The summed E-state index contributed by atoms with van der Waals surface area (Å²) in [5.41, 5.74) is 1.84. The van der Waals surface area contributed by atoms with Gasteiger partial charge in [0.25, 0.3) is 0 Å². The molecule has 8 heteroatoms. The lowest BCUT2D eigenvalue weighted by molar-refractivity contribution is -0.140. The molecule has 0 bridgehead atoms. The number of aromatic amines is 1. The summed E-state index contributed by atoms with van der Waals surface area (Å²) in [4.78, 5) is 29.0. The Labute approximate surface area is 174 Å². The molecule has 2 aliphatic rings.